The van der Waals surface area contributed by atoms with Gasteiger partial charge in [-0.05, 0) is 36.0 Å². The maximum Gasteiger partial charge on any atom is 0.262 e. The zero-order chi connectivity index (χ0) is 16.8. The van der Waals surface area contributed by atoms with Crippen molar-refractivity contribution in [1.82, 2.24) is 15.0 Å². The van der Waals surface area contributed by atoms with Crippen molar-refractivity contribution in [2.75, 3.05) is 5.73 Å². The molecule has 0 aliphatic heterocycles. The van der Waals surface area contributed by atoms with E-state index in [2.05, 4.69) is 15.0 Å². The van der Waals surface area contributed by atoms with Crippen LogP contribution >= 0.6 is 0 Å². The average molecular weight is 320 g/mol. The fraction of sp³-hybridized carbons (Fsp3) is 0.222. The Labute approximate surface area is 137 Å². The number of ketones is 1. The topological polar surface area (TPSA) is 102 Å². The molecule has 1 aromatic carbocycles. The molecule has 0 spiro atoms. The van der Waals surface area contributed by atoms with Crippen molar-refractivity contribution >= 4 is 22.8 Å². The number of nitrogens with zero attached hydrogens (tertiary/aromatic N) is 2. The third kappa shape index (κ3) is 2.19. The summed E-state index contributed by atoms with van der Waals surface area (Å²) in [5.41, 5.74) is 9.06. The molecule has 24 heavy (non-hydrogen) atoms. The number of anilines is 1. The summed E-state index contributed by atoms with van der Waals surface area (Å²) >= 11 is 0. The molecule has 1 atom stereocenters. The molecule has 6 nitrogen and oxygen atoms in total. The Hall–Kier alpha value is -3.02. The van der Waals surface area contributed by atoms with Crippen LogP contribution in [-0.2, 0) is 6.42 Å². The van der Waals surface area contributed by atoms with Crippen LogP contribution in [0.25, 0.3) is 11.0 Å². The Morgan fingerprint density at radius 3 is 2.79 bits per heavy atom. The Morgan fingerprint density at radius 2 is 2.00 bits per heavy atom. The smallest absolute Gasteiger partial charge is 0.262 e. The highest BCUT2D eigenvalue weighted by atomic mass is 16.1. The van der Waals surface area contributed by atoms with Crippen molar-refractivity contribution in [2.24, 2.45) is 0 Å². The first-order chi connectivity index (χ1) is 11.5. The van der Waals surface area contributed by atoms with Gasteiger partial charge in [0.1, 0.15) is 0 Å². The van der Waals surface area contributed by atoms with Crippen molar-refractivity contribution in [2.45, 2.75) is 25.7 Å². The molecule has 1 aliphatic carbocycles. The van der Waals surface area contributed by atoms with E-state index in [9.17, 15) is 9.59 Å². The highest BCUT2D eigenvalue weighted by molar-refractivity contribution is 6.02. The summed E-state index contributed by atoms with van der Waals surface area (Å²) in [4.78, 5) is 35.7. The SMILES string of the molecule is Cc1ccccc1[C@@H]1CC(=O)c2cnc3nc(N)[nH]c(=O)c3c2C1. The number of aromatic nitrogens is 3. The second kappa shape index (κ2) is 5.26. The summed E-state index contributed by atoms with van der Waals surface area (Å²) in [5.74, 6) is 0.0846. The van der Waals surface area contributed by atoms with Crippen molar-refractivity contribution in [3.05, 3.63) is 63.1 Å². The molecule has 2 heterocycles. The molecule has 1 aliphatic rings. The van der Waals surface area contributed by atoms with Crippen molar-refractivity contribution in [1.29, 1.82) is 0 Å². The zero-order valence-electron chi connectivity index (χ0n) is 13.2. The highest BCUT2D eigenvalue weighted by Crippen LogP contribution is 2.35. The maximum absolute atomic E-state index is 12.6. The second-order valence-corrected chi connectivity index (χ2v) is 6.19. The zero-order valence-corrected chi connectivity index (χ0v) is 13.2. The monoisotopic (exact) mass is 320 g/mol. The molecule has 4 rings (SSSR count). The van der Waals surface area contributed by atoms with Crippen LogP contribution in [-0.4, -0.2) is 20.7 Å². The Bertz CT molecular complexity index is 1040. The molecular weight excluding hydrogens is 304 g/mol. The lowest BCUT2D eigenvalue weighted by molar-refractivity contribution is 0.0964. The standard InChI is InChI=1S/C18H16N4O2/c1-9-4-2-3-5-11(9)10-6-12-13(14(23)7-10)8-20-16-15(12)17(24)22-18(19)21-16/h2-5,8,10H,6-7H2,1H3,(H3,19,20,21,22,24)/t10-/m0/s1. The van der Waals surface area contributed by atoms with Crippen LogP contribution < -0.4 is 11.3 Å². The predicted octanol–water partition coefficient (Wildman–Crippen LogP) is 2.12. The van der Waals surface area contributed by atoms with E-state index in [0.29, 0.717) is 23.8 Å². The number of pyridine rings is 1. The number of rotatable bonds is 1. The summed E-state index contributed by atoms with van der Waals surface area (Å²) in [7, 11) is 0. The summed E-state index contributed by atoms with van der Waals surface area (Å²) in [6.45, 7) is 2.04. The van der Waals surface area contributed by atoms with Gasteiger partial charge in [-0.1, -0.05) is 24.3 Å². The van der Waals surface area contributed by atoms with E-state index < -0.39 is 0 Å². The van der Waals surface area contributed by atoms with Crippen LogP contribution in [0.15, 0.2) is 35.3 Å². The van der Waals surface area contributed by atoms with Gasteiger partial charge >= 0.3 is 0 Å². The summed E-state index contributed by atoms with van der Waals surface area (Å²) in [5, 5.41) is 0.369. The molecule has 0 fully saturated rings. The number of nitrogens with two attached hydrogens (primary N) is 1. The molecule has 3 aromatic rings. The number of benzene rings is 1. The minimum atomic E-state index is -0.347. The third-order valence-electron chi connectivity index (χ3n) is 4.67. The first kappa shape index (κ1) is 14.6. The van der Waals surface area contributed by atoms with Crippen LogP contribution in [0.1, 0.15) is 39.4 Å². The maximum atomic E-state index is 12.6. The van der Waals surface area contributed by atoms with E-state index in [1.807, 2.05) is 31.2 Å². The number of hydrogen-bond donors (Lipinski definition) is 2. The molecule has 0 saturated carbocycles. The molecule has 3 N–H and O–H groups in total. The second-order valence-electron chi connectivity index (χ2n) is 6.19. The van der Waals surface area contributed by atoms with E-state index >= 15 is 0 Å². The van der Waals surface area contributed by atoms with E-state index in [1.165, 1.54) is 6.20 Å². The summed E-state index contributed by atoms with van der Waals surface area (Å²) < 4.78 is 0. The van der Waals surface area contributed by atoms with Crippen molar-refractivity contribution in [3.8, 4) is 0 Å². The number of carbonyl (C=O) groups is 1. The number of nitrogen functional groups attached to an aromatic ring is 1. The molecule has 0 radical (unpaired) electrons. The highest BCUT2D eigenvalue weighted by Gasteiger charge is 2.30. The largest absolute Gasteiger partial charge is 0.369 e. The summed E-state index contributed by atoms with van der Waals surface area (Å²) in [6, 6.07) is 8.04. The van der Waals surface area contributed by atoms with Crippen molar-refractivity contribution in [3.63, 3.8) is 0 Å². The first-order valence-corrected chi connectivity index (χ1v) is 7.80. The first-order valence-electron chi connectivity index (χ1n) is 7.80. The van der Waals surface area contributed by atoms with Crippen LogP contribution in [0.4, 0.5) is 5.95 Å². The lowest BCUT2D eigenvalue weighted by Gasteiger charge is -2.25. The lowest BCUT2D eigenvalue weighted by atomic mass is 9.78. The van der Waals surface area contributed by atoms with Crippen LogP contribution in [0.3, 0.4) is 0 Å². The number of Topliss-reactive ketones (excluding diaryl/α,β-unsaturated/α-hetero) is 1. The number of hydrogen-bond acceptors (Lipinski definition) is 5. The van der Waals surface area contributed by atoms with E-state index in [1.54, 1.807) is 0 Å². The molecule has 2 aromatic heterocycles. The molecule has 6 heteroatoms. The van der Waals surface area contributed by atoms with Gasteiger partial charge in [0, 0.05) is 18.2 Å². The Kier molecular flexibility index (Phi) is 3.19. The molecule has 120 valence electrons. The summed E-state index contributed by atoms with van der Waals surface area (Å²) in [6.07, 6.45) is 2.55. The van der Waals surface area contributed by atoms with Gasteiger partial charge < -0.3 is 5.73 Å². The quantitative estimate of drug-likeness (QED) is 0.715. The molecule has 0 bridgehead atoms. The Morgan fingerprint density at radius 1 is 1.21 bits per heavy atom. The van der Waals surface area contributed by atoms with Crippen LogP contribution in [0.5, 0.6) is 0 Å². The van der Waals surface area contributed by atoms with Gasteiger partial charge in [0.2, 0.25) is 5.95 Å². The predicted molar refractivity (Wildman–Crippen MR) is 91.1 cm³/mol. The Balaban J connectivity index is 1.93. The third-order valence-corrected chi connectivity index (χ3v) is 4.67. The van der Waals surface area contributed by atoms with E-state index in [4.69, 9.17) is 5.73 Å². The number of aryl methyl sites for hydroxylation is 1. The van der Waals surface area contributed by atoms with Gasteiger partial charge in [-0.15, -0.1) is 0 Å². The lowest BCUT2D eigenvalue weighted by Crippen LogP contribution is -2.23. The van der Waals surface area contributed by atoms with Gasteiger partial charge in [0.05, 0.1) is 5.39 Å². The minimum absolute atomic E-state index is 0.00938. The number of fused-ring (bicyclic) bond motifs is 3. The average Bonchev–Trinajstić information content (AvgIpc) is 2.54. The van der Waals surface area contributed by atoms with E-state index in [-0.39, 0.29) is 28.9 Å². The van der Waals surface area contributed by atoms with Gasteiger partial charge in [0.15, 0.2) is 11.4 Å². The molecular formula is C18H16N4O2. The minimum Gasteiger partial charge on any atom is -0.369 e. The molecule has 0 saturated heterocycles. The van der Waals surface area contributed by atoms with Crippen molar-refractivity contribution < 1.29 is 4.79 Å². The van der Waals surface area contributed by atoms with Gasteiger partial charge in [-0.2, -0.15) is 4.98 Å². The van der Waals surface area contributed by atoms with Gasteiger partial charge in [-0.25, -0.2) is 4.98 Å². The van der Waals surface area contributed by atoms with Crippen LogP contribution in [0.2, 0.25) is 0 Å². The molecule has 0 unspecified atom stereocenters. The number of nitrogens with one attached hydrogen (secondary N) is 1. The normalized spacial score (nSPS) is 17.0. The fourth-order valence-corrected chi connectivity index (χ4v) is 3.55. The molecule has 0 amide bonds. The number of carbonyl (C=O) groups excluding carboxylic acids is 1. The van der Waals surface area contributed by atoms with E-state index in [0.717, 1.165) is 16.7 Å². The number of H-pyrrole nitrogens is 1. The van der Waals surface area contributed by atoms with Gasteiger partial charge in [0.25, 0.3) is 5.56 Å². The number of aromatic amines is 1. The van der Waals surface area contributed by atoms with Gasteiger partial charge in [-0.3, -0.25) is 14.6 Å². The fourth-order valence-electron chi connectivity index (χ4n) is 3.55. The van der Waals surface area contributed by atoms with Crippen LogP contribution in [0, 0.1) is 6.92 Å².